The van der Waals surface area contributed by atoms with Gasteiger partial charge in [0.1, 0.15) is 12.0 Å². The van der Waals surface area contributed by atoms with E-state index in [1.165, 1.54) is 57.1 Å². The number of nitrogens with one attached hydrogen (secondary N) is 1. The van der Waals surface area contributed by atoms with Crippen LogP contribution in [0.3, 0.4) is 0 Å². The summed E-state index contributed by atoms with van der Waals surface area (Å²) in [7, 11) is 0. The highest BCUT2D eigenvalue weighted by Crippen LogP contribution is 2.24. The van der Waals surface area contributed by atoms with Crippen LogP contribution in [-0.4, -0.2) is 59.6 Å². The Bertz CT molecular complexity index is 749. The molecule has 2 saturated heterocycles. The Morgan fingerprint density at radius 3 is 2.50 bits per heavy atom. The molecule has 6 heteroatoms. The fourth-order valence-electron chi connectivity index (χ4n) is 4.84. The Balaban J connectivity index is 1.11. The molecule has 0 radical (unpaired) electrons. The summed E-state index contributed by atoms with van der Waals surface area (Å²) in [5.74, 6) is 0.289. The monoisotopic (exact) mass is 410 g/mol. The summed E-state index contributed by atoms with van der Waals surface area (Å²) in [5.41, 5.74) is 2.22. The number of aryl methyl sites for hydroxylation is 1. The Kier molecular flexibility index (Phi) is 7.54. The van der Waals surface area contributed by atoms with Crippen molar-refractivity contribution in [2.75, 3.05) is 32.7 Å². The van der Waals surface area contributed by atoms with Crippen LogP contribution in [0.1, 0.15) is 43.4 Å². The van der Waals surface area contributed by atoms with E-state index >= 15 is 0 Å². The van der Waals surface area contributed by atoms with Crippen molar-refractivity contribution in [2.45, 2.75) is 51.1 Å². The molecule has 2 aromatic rings. The number of carbonyl (C=O) groups is 1. The van der Waals surface area contributed by atoms with E-state index in [0.29, 0.717) is 12.6 Å². The zero-order valence-electron chi connectivity index (χ0n) is 17.8. The molecular formula is C24H34N4O2. The number of aromatic nitrogens is 1. The third-order valence-electron chi connectivity index (χ3n) is 6.69. The van der Waals surface area contributed by atoms with Crippen molar-refractivity contribution in [3.05, 3.63) is 53.9 Å². The van der Waals surface area contributed by atoms with Crippen LogP contribution in [0, 0.1) is 5.92 Å². The maximum absolute atomic E-state index is 12.4. The standard InChI is InChI=1S/C24H34N4O2/c29-24(25-19-22-12-18-30-26-22)21-8-16-28(17-9-21)23-10-14-27(15-11-23)13-4-7-20-5-2-1-3-6-20/h1-3,5-6,12,18,21,23H,4,7-11,13-17,19H2,(H,25,29). The van der Waals surface area contributed by atoms with Crippen LogP contribution < -0.4 is 5.32 Å². The summed E-state index contributed by atoms with van der Waals surface area (Å²) in [6, 6.07) is 13.3. The number of piperidine rings is 2. The zero-order valence-corrected chi connectivity index (χ0v) is 17.8. The second-order valence-corrected chi connectivity index (χ2v) is 8.68. The maximum Gasteiger partial charge on any atom is 0.223 e. The molecular weight excluding hydrogens is 376 g/mol. The fraction of sp³-hybridized carbons (Fsp3) is 0.583. The van der Waals surface area contributed by atoms with Gasteiger partial charge < -0.3 is 19.6 Å². The Morgan fingerprint density at radius 1 is 1.03 bits per heavy atom. The normalized spacial score (nSPS) is 19.7. The number of likely N-dealkylation sites (tertiary alicyclic amines) is 2. The van der Waals surface area contributed by atoms with Gasteiger partial charge in [0.25, 0.3) is 0 Å². The van der Waals surface area contributed by atoms with Gasteiger partial charge in [-0.3, -0.25) is 4.79 Å². The molecule has 1 aromatic heterocycles. The minimum Gasteiger partial charge on any atom is -0.364 e. The summed E-state index contributed by atoms with van der Waals surface area (Å²) in [6.07, 6.45) is 8.39. The van der Waals surface area contributed by atoms with Crippen LogP contribution in [0.25, 0.3) is 0 Å². The molecule has 2 fully saturated rings. The van der Waals surface area contributed by atoms with E-state index < -0.39 is 0 Å². The lowest BCUT2D eigenvalue weighted by Gasteiger charge is -2.41. The van der Waals surface area contributed by atoms with Gasteiger partial charge in [-0.05, 0) is 76.8 Å². The van der Waals surface area contributed by atoms with Gasteiger partial charge in [-0.25, -0.2) is 0 Å². The Labute approximate surface area is 179 Å². The summed E-state index contributed by atoms with van der Waals surface area (Å²) in [4.78, 5) is 17.7. The first kappa shape index (κ1) is 21.1. The second kappa shape index (κ2) is 10.7. The Hall–Kier alpha value is -2.18. The lowest BCUT2D eigenvalue weighted by atomic mass is 9.92. The molecule has 0 spiro atoms. The molecule has 0 saturated carbocycles. The predicted octanol–water partition coefficient (Wildman–Crippen LogP) is 3.10. The van der Waals surface area contributed by atoms with Gasteiger partial charge in [-0.15, -0.1) is 0 Å². The molecule has 1 aromatic carbocycles. The molecule has 162 valence electrons. The van der Waals surface area contributed by atoms with E-state index in [1.54, 1.807) is 6.07 Å². The highest BCUT2D eigenvalue weighted by Gasteiger charge is 2.30. The number of carbonyl (C=O) groups excluding carboxylic acids is 1. The molecule has 4 rings (SSSR count). The van der Waals surface area contributed by atoms with E-state index in [4.69, 9.17) is 4.52 Å². The van der Waals surface area contributed by atoms with Crippen LogP contribution >= 0.6 is 0 Å². The quantitative estimate of drug-likeness (QED) is 0.725. The van der Waals surface area contributed by atoms with E-state index in [1.807, 2.05) is 0 Å². The Morgan fingerprint density at radius 2 is 1.80 bits per heavy atom. The van der Waals surface area contributed by atoms with Crippen molar-refractivity contribution in [1.29, 1.82) is 0 Å². The van der Waals surface area contributed by atoms with Crippen molar-refractivity contribution in [2.24, 2.45) is 5.92 Å². The van der Waals surface area contributed by atoms with Gasteiger partial charge in [0, 0.05) is 18.0 Å². The van der Waals surface area contributed by atoms with E-state index in [2.05, 4.69) is 50.6 Å². The van der Waals surface area contributed by atoms with Crippen LogP contribution in [0.4, 0.5) is 0 Å². The highest BCUT2D eigenvalue weighted by molar-refractivity contribution is 5.78. The third-order valence-corrected chi connectivity index (χ3v) is 6.69. The molecule has 3 heterocycles. The molecule has 1 amide bonds. The van der Waals surface area contributed by atoms with Crippen LogP contribution in [0.15, 0.2) is 47.2 Å². The van der Waals surface area contributed by atoms with Crippen molar-refractivity contribution < 1.29 is 9.32 Å². The SMILES string of the molecule is O=C(NCc1ccon1)C1CCN(C2CCN(CCCc3ccccc3)CC2)CC1. The number of hydrogen-bond acceptors (Lipinski definition) is 5. The summed E-state index contributed by atoms with van der Waals surface area (Å²) < 4.78 is 4.81. The topological polar surface area (TPSA) is 61.6 Å². The molecule has 0 aliphatic carbocycles. The smallest absolute Gasteiger partial charge is 0.223 e. The number of hydrogen-bond donors (Lipinski definition) is 1. The minimum atomic E-state index is 0.131. The van der Waals surface area contributed by atoms with Crippen LogP contribution in [0.5, 0.6) is 0 Å². The molecule has 2 aliphatic rings. The lowest BCUT2D eigenvalue weighted by molar-refractivity contribution is -0.126. The fourth-order valence-corrected chi connectivity index (χ4v) is 4.84. The minimum absolute atomic E-state index is 0.131. The number of amides is 1. The van der Waals surface area contributed by atoms with E-state index in [-0.39, 0.29) is 11.8 Å². The summed E-state index contributed by atoms with van der Waals surface area (Å²) in [5, 5.41) is 6.84. The van der Waals surface area contributed by atoms with Crippen LogP contribution in [0.2, 0.25) is 0 Å². The van der Waals surface area contributed by atoms with Gasteiger partial charge in [-0.2, -0.15) is 0 Å². The van der Waals surface area contributed by atoms with Gasteiger partial charge in [0.15, 0.2) is 0 Å². The molecule has 6 nitrogen and oxygen atoms in total. The van der Waals surface area contributed by atoms with Gasteiger partial charge in [0.2, 0.25) is 5.91 Å². The predicted molar refractivity (Wildman–Crippen MR) is 117 cm³/mol. The first-order valence-electron chi connectivity index (χ1n) is 11.5. The average Bonchev–Trinajstić information content (AvgIpc) is 3.33. The molecule has 0 unspecified atom stereocenters. The second-order valence-electron chi connectivity index (χ2n) is 8.68. The van der Waals surface area contributed by atoms with Gasteiger partial charge in [-0.1, -0.05) is 35.5 Å². The lowest BCUT2D eigenvalue weighted by Crippen LogP contribution is -2.49. The summed E-state index contributed by atoms with van der Waals surface area (Å²) in [6.45, 7) is 6.16. The van der Waals surface area contributed by atoms with Crippen molar-refractivity contribution in [3.8, 4) is 0 Å². The number of benzene rings is 1. The third kappa shape index (κ3) is 5.92. The maximum atomic E-state index is 12.4. The molecule has 30 heavy (non-hydrogen) atoms. The first-order chi connectivity index (χ1) is 14.8. The van der Waals surface area contributed by atoms with E-state index in [0.717, 1.165) is 31.6 Å². The molecule has 2 aliphatic heterocycles. The highest BCUT2D eigenvalue weighted by atomic mass is 16.5. The number of nitrogens with zero attached hydrogens (tertiary/aromatic N) is 3. The largest absolute Gasteiger partial charge is 0.364 e. The zero-order chi connectivity index (χ0) is 20.6. The average molecular weight is 411 g/mol. The van der Waals surface area contributed by atoms with Crippen LogP contribution in [-0.2, 0) is 17.8 Å². The first-order valence-corrected chi connectivity index (χ1v) is 11.5. The summed E-state index contributed by atoms with van der Waals surface area (Å²) >= 11 is 0. The van der Waals surface area contributed by atoms with Gasteiger partial charge in [0.05, 0.1) is 6.54 Å². The van der Waals surface area contributed by atoms with Crippen molar-refractivity contribution in [1.82, 2.24) is 20.3 Å². The number of rotatable bonds is 8. The van der Waals surface area contributed by atoms with Crippen molar-refractivity contribution >= 4 is 5.91 Å². The van der Waals surface area contributed by atoms with Crippen molar-refractivity contribution in [3.63, 3.8) is 0 Å². The molecule has 0 atom stereocenters. The van der Waals surface area contributed by atoms with Gasteiger partial charge >= 0.3 is 0 Å². The molecule has 0 bridgehead atoms. The molecule has 1 N–H and O–H groups in total. The van der Waals surface area contributed by atoms with E-state index in [9.17, 15) is 4.79 Å².